The highest BCUT2D eigenvalue weighted by molar-refractivity contribution is 7.89. The fourth-order valence-electron chi connectivity index (χ4n) is 2.65. The van der Waals surface area contributed by atoms with Crippen LogP contribution in [0.4, 0.5) is 0 Å². The van der Waals surface area contributed by atoms with Gasteiger partial charge in [0.2, 0.25) is 10.0 Å². The molecule has 120 valence electrons. The van der Waals surface area contributed by atoms with Gasteiger partial charge in [0.15, 0.2) is 0 Å². The lowest BCUT2D eigenvalue weighted by Crippen LogP contribution is -2.28. The minimum Gasteiger partial charge on any atom is -0.207 e. The van der Waals surface area contributed by atoms with Crippen molar-refractivity contribution in [2.75, 3.05) is 13.1 Å². The van der Waals surface area contributed by atoms with Gasteiger partial charge in [-0.2, -0.15) is 4.31 Å². The zero-order valence-corrected chi connectivity index (χ0v) is 14.1. The maximum absolute atomic E-state index is 12.6. The first-order chi connectivity index (χ1) is 10.6. The third-order valence-corrected chi connectivity index (χ3v) is 5.85. The molecule has 1 saturated heterocycles. The molecule has 0 bridgehead atoms. The van der Waals surface area contributed by atoms with E-state index in [0.29, 0.717) is 18.0 Å². The molecular weight excluding hydrogens is 294 g/mol. The molecule has 0 N–H and O–H groups in total. The van der Waals surface area contributed by atoms with Crippen molar-refractivity contribution in [3.8, 4) is 0 Å². The Morgan fingerprint density at radius 1 is 1.27 bits per heavy atom. The Bertz CT molecular complexity index is 620. The Hall–Kier alpha value is -1.39. The number of benzene rings is 1. The minimum atomic E-state index is -3.41. The van der Waals surface area contributed by atoms with Gasteiger partial charge in [-0.05, 0) is 25.0 Å². The zero-order valence-electron chi connectivity index (χ0n) is 13.2. The van der Waals surface area contributed by atoms with E-state index in [0.717, 1.165) is 12.0 Å². The fourth-order valence-corrected chi connectivity index (χ4v) is 4.14. The molecule has 4 heteroatoms. The van der Waals surface area contributed by atoms with Crippen molar-refractivity contribution >= 4 is 10.0 Å². The van der Waals surface area contributed by atoms with Crippen LogP contribution in [0.5, 0.6) is 0 Å². The maximum atomic E-state index is 12.6. The SMILES string of the molecule is C=C1CN(S(=O)(=O)c2ccccc2)C[C@@H]1/C=C/CCCCC. The van der Waals surface area contributed by atoms with Gasteiger partial charge in [-0.3, -0.25) is 0 Å². The van der Waals surface area contributed by atoms with Gasteiger partial charge in [0.1, 0.15) is 0 Å². The maximum Gasteiger partial charge on any atom is 0.243 e. The van der Waals surface area contributed by atoms with E-state index in [9.17, 15) is 8.42 Å². The quantitative estimate of drug-likeness (QED) is 0.563. The summed E-state index contributed by atoms with van der Waals surface area (Å²) >= 11 is 0. The van der Waals surface area contributed by atoms with Crippen molar-refractivity contribution in [3.63, 3.8) is 0 Å². The molecule has 0 unspecified atom stereocenters. The molecule has 1 aromatic carbocycles. The summed E-state index contributed by atoms with van der Waals surface area (Å²) < 4.78 is 26.7. The summed E-state index contributed by atoms with van der Waals surface area (Å²) in [5, 5.41) is 0. The average Bonchev–Trinajstić information content (AvgIpc) is 2.90. The van der Waals surface area contributed by atoms with E-state index in [1.165, 1.54) is 23.6 Å². The molecule has 2 rings (SSSR count). The van der Waals surface area contributed by atoms with Crippen molar-refractivity contribution in [1.29, 1.82) is 0 Å². The van der Waals surface area contributed by atoms with E-state index < -0.39 is 10.0 Å². The molecule has 1 aromatic rings. The third-order valence-electron chi connectivity index (χ3n) is 4.03. The molecule has 0 spiro atoms. The third kappa shape index (κ3) is 4.08. The summed E-state index contributed by atoms with van der Waals surface area (Å²) in [5.41, 5.74) is 0.978. The summed E-state index contributed by atoms with van der Waals surface area (Å²) in [6, 6.07) is 8.62. The molecular formula is C18H25NO2S. The summed E-state index contributed by atoms with van der Waals surface area (Å²) in [7, 11) is -3.41. The van der Waals surface area contributed by atoms with Crippen molar-refractivity contribution in [1.82, 2.24) is 4.31 Å². The second-order valence-electron chi connectivity index (χ2n) is 5.80. The number of unbranched alkanes of at least 4 members (excludes halogenated alkanes) is 3. The largest absolute Gasteiger partial charge is 0.243 e. The standard InChI is InChI=1S/C18H25NO2S/c1-3-4-5-6-8-11-17-15-19(14-16(17)2)22(20,21)18-12-9-7-10-13-18/h7-13,17H,2-6,14-15H2,1H3/b11-8+/t17-/m0/s1. The number of rotatable bonds is 7. The first kappa shape index (κ1) is 17.0. The molecule has 22 heavy (non-hydrogen) atoms. The summed E-state index contributed by atoms with van der Waals surface area (Å²) in [4.78, 5) is 0.357. The predicted octanol–water partition coefficient (Wildman–Crippen LogP) is 4.00. The number of allylic oxidation sites excluding steroid dienone is 1. The van der Waals surface area contributed by atoms with Crippen molar-refractivity contribution in [3.05, 3.63) is 54.6 Å². The van der Waals surface area contributed by atoms with Crippen LogP contribution in [0.2, 0.25) is 0 Å². The monoisotopic (exact) mass is 319 g/mol. The lowest BCUT2D eigenvalue weighted by molar-refractivity contribution is 0.471. The van der Waals surface area contributed by atoms with Crippen LogP contribution >= 0.6 is 0 Å². The van der Waals surface area contributed by atoms with E-state index in [2.05, 4.69) is 25.7 Å². The van der Waals surface area contributed by atoms with Gasteiger partial charge in [0, 0.05) is 19.0 Å². The van der Waals surface area contributed by atoms with Crippen LogP contribution in [0.15, 0.2) is 59.5 Å². The highest BCUT2D eigenvalue weighted by Crippen LogP contribution is 2.28. The highest BCUT2D eigenvalue weighted by atomic mass is 32.2. The zero-order chi connectivity index (χ0) is 16.0. The molecule has 0 aromatic heterocycles. The minimum absolute atomic E-state index is 0.139. The van der Waals surface area contributed by atoms with Gasteiger partial charge >= 0.3 is 0 Å². The lowest BCUT2D eigenvalue weighted by Gasteiger charge is -2.15. The first-order valence-corrected chi connectivity index (χ1v) is 9.39. The van der Waals surface area contributed by atoms with Gasteiger partial charge in [-0.25, -0.2) is 8.42 Å². The van der Waals surface area contributed by atoms with Crippen LogP contribution in [0, 0.1) is 5.92 Å². The molecule has 1 aliphatic heterocycles. The Kier molecular flexibility index (Phi) is 5.98. The number of hydrogen-bond donors (Lipinski definition) is 0. The molecule has 0 radical (unpaired) electrons. The predicted molar refractivity (Wildman–Crippen MR) is 91.1 cm³/mol. The normalized spacial score (nSPS) is 20.0. The van der Waals surface area contributed by atoms with E-state index in [4.69, 9.17) is 0 Å². The summed E-state index contributed by atoms with van der Waals surface area (Å²) in [5.74, 6) is 0.139. The molecule has 0 amide bonds. The molecule has 0 aliphatic carbocycles. The Labute approximate surface area is 134 Å². The van der Waals surface area contributed by atoms with Gasteiger partial charge in [0.05, 0.1) is 4.90 Å². The summed E-state index contributed by atoms with van der Waals surface area (Å²) in [6.07, 6.45) is 9.00. The number of sulfonamides is 1. The molecule has 0 saturated carbocycles. The number of hydrogen-bond acceptors (Lipinski definition) is 2. The lowest BCUT2D eigenvalue weighted by atomic mass is 10.0. The van der Waals surface area contributed by atoms with Crippen LogP contribution in [0.1, 0.15) is 32.6 Å². The van der Waals surface area contributed by atoms with Crippen LogP contribution in [0.3, 0.4) is 0 Å². The molecule has 1 heterocycles. The van der Waals surface area contributed by atoms with E-state index in [1.54, 1.807) is 24.3 Å². The van der Waals surface area contributed by atoms with Gasteiger partial charge < -0.3 is 0 Å². The molecule has 1 atom stereocenters. The number of nitrogens with zero attached hydrogens (tertiary/aromatic N) is 1. The Morgan fingerprint density at radius 2 is 2.00 bits per heavy atom. The van der Waals surface area contributed by atoms with E-state index in [-0.39, 0.29) is 5.92 Å². The first-order valence-electron chi connectivity index (χ1n) is 7.95. The Morgan fingerprint density at radius 3 is 2.68 bits per heavy atom. The topological polar surface area (TPSA) is 37.4 Å². The molecule has 3 nitrogen and oxygen atoms in total. The smallest absolute Gasteiger partial charge is 0.207 e. The van der Waals surface area contributed by atoms with Gasteiger partial charge in [0.25, 0.3) is 0 Å². The van der Waals surface area contributed by atoms with Crippen LogP contribution in [-0.2, 0) is 10.0 Å². The van der Waals surface area contributed by atoms with Gasteiger partial charge in [-0.1, -0.05) is 62.3 Å². The van der Waals surface area contributed by atoms with Crippen LogP contribution < -0.4 is 0 Å². The van der Waals surface area contributed by atoms with Crippen molar-refractivity contribution in [2.45, 2.75) is 37.5 Å². The summed E-state index contributed by atoms with van der Waals surface area (Å²) in [6.45, 7) is 7.16. The second-order valence-corrected chi connectivity index (χ2v) is 7.74. The van der Waals surface area contributed by atoms with Gasteiger partial charge in [-0.15, -0.1) is 0 Å². The second kappa shape index (κ2) is 7.75. The Balaban J connectivity index is 2.00. The molecule has 1 aliphatic rings. The fraction of sp³-hybridized carbons (Fsp3) is 0.444. The highest BCUT2D eigenvalue weighted by Gasteiger charge is 2.33. The van der Waals surface area contributed by atoms with E-state index in [1.807, 2.05) is 6.07 Å². The van der Waals surface area contributed by atoms with Crippen molar-refractivity contribution < 1.29 is 8.42 Å². The van der Waals surface area contributed by atoms with E-state index >= 15 is 0 Å². The van der Waals surface area contributed by atoms with Crippen molar-refractivity contribution in [2.24, 2.45) is 5.92 Å². The molecule has 1 fully saturated rings. The van der Waals surface area contributed by atoms with Crippen LogP contribution in [-0.4, -0.2) is 25.8 Å². The average molecular weight is 319 g/mol. The van der Waals surface area contributed by atoms with Crippen LogP contribution in [0.25, 0.3) is 0 Å².